The average Bonchev–Trinajstić information content (AvgIpc) is 2.66. The number of primary amides is 1. The first kappa shape index (κ1) is 20.5. The number of carbonyl (C=O) groups excluding carboxylic acids is 2. The topological polar surface area (TPSA) is 81.4 Å². The van der Waals surface area contributed by atoms with E-state index in [1.54, 1.807) is 24.3 Å². The maximum Gasteiger partial charge on any atom is 0.250 e. The van der Waals surface area contributed by atoms with E-state index in [1.165, 1.54) is 5.56 Å². The van der Waals surface area contributed by atoms with Crippen molar-refractivity contribution in [3.8, 4) is 5.75 Å². The number of benzene rings is 2. The average molecular weight is 368 g/mol. The first-order chi connectivity index (χ1) is 12.8. The molecule has 2 aromatic carbocycles. The van der Waals surface area contributed by atoms with Gasteiger partial charge in [0.2, 0.25) is 5.91 Å². The Morgan fingerprint density at radius 1 is 1.07 bits per heavy atom. The van der Waals surface area contributed by atoms with Crippen LogP contribution in [0.15, 0.2) is 48.5 Å². The zero-order valence-electron chi connectivity index (χ0n) is 16.2. The summed E-state index contributed by atoms with van der Waals surface area (Å²) in [6, 6.07) is 14.8. The second kappa shape index (κ2) is 9.21. The molecule has 0 spiro atoms. The van der Waals surface area contributed by atoms with Crippen molar-refractivity contribution in [2.75, 3.05) is 11.9 Å². The summed E-state index contributed by atoms with van der Waals surface area (Å²) in [6.07, 6.45) is 1.95. The molecule has 0 aromatic heterocycles. The molecule has 0 radical (unpaired) electrons. The van der Waals surface area contributed by atoms with Crippen LogP contribution in [0.2, 0.25) is 0 Å². The fourth-order valence-electron chi connectivity index (χ4n) is 2.65. The van der Waals surface area contributed by atoms with Crippen molar-refractivity contribution in [3.63, 3.8) is 0 Å². The van der Waals surface area contributed by atoms with Crippen LogP contribution in [0, 0.1) is 0 Å². The Hall–Kier alpha value is -2.82. The van der Waals surface area contributed by atoms with Crippen LogP contribution in [0.1, 0.15) is 56.0 Å². The number of hydrogen-bond acceptors (Lipinski definition) is 3. The van der Waals surface area contributed by atoms with Crippen LogP contribution in [-0.4, -0.2) is 18.4 Å². The Kier molecular flexibility index (Phi) is 6.99. The molecule has 0 saturated carbocycles. The quantitative estimate of drug-likeness (QED) is 0.649. The zero-order chi connectivity index (χ0) is 19.9. The number of carbonyl (C=O) groups is 2. The molecule has 0 atom stereocenters. The number of ether oxygens (including phenoxy) is 1. The maximum atomic E-state index is 12.1. The number of amides is 2. The lowest BCUT2D eigenvalue weighted by molar-refractivity contribution is -0.116. The molecule has 5 heteroatoms. The molecular formula is C22H28N2O3. The highest BCUT2D eigenvalue weighted by Gasteiger charge is 2.17. The summed E-state index contributed by atoms with van der Waals surface area (Å²) in [6.45, 7) is 7.06. The minimum absolute atomic E-state index is 0.151. The van der Waals surface area contributed by atoms with Gasteiger partial charge in [0.05, 0.1) is 17.9 Å². The Morgan fingerprint density at radius 2 is 1.74 bits per heavy atom. The van der Waals surface area contributed by atoms with Gasteiger partial charge in [-0.3, -0.25) is 9.59 Å². The van der Waals surface area contributed by atoms with Crippen molar-refractivity contribution in [2.24, 2.45) is 5.73 Å². The van der Waals surface area contributed by atoms with Gasteiger partial charge in [0.1, 0.15) is 5.75 Å². The minimum atomic E-state index is -0.566. The van der Waals surface area contributed by atoms with Crippen molar-refractivity contribution in [2.45, 2.75) is 45.4 Å². The molecule has 0 fully saturated rings. The van der Waals surface area contributed by atoms with Crippen LogP contribution < -0.4 is 15.8 Å². The highest BCUT2D eigenvalue weighted by molar-refractivity contribution is 6.02. The fourth-order valence-corrected chi connectivity index (χ4v) is 2.65. The van der Waals surface area contributed by atoms with Gasteiger partial charge in [-0.1, -0.05) is 45.0 Å². The minimum Gasteiger partial charge on any atom is -0.494 e. The molecule has 27 heavy (non-hydrogen) atoms. The van der Waals surface area contributed by atoms with Crippen LogP contribution in [0.25, 0.3) is 0 Å². The van der Waals surface area contributed by atoms with E-state index in [0.29, 0.717) is 30.7 Å². The summed E-state index contributed by atoms with van der Waals surface area (Å²) in [5.74, 6) is 0.0569. The largest absolute Gasteiger partial charge is 0.494 e. The lowest BCUT2D eigenvalue weighted by Gasteiger charge is -2.23. The molecule has 5 nitrogen and oxygen atoms in total. The smallest absolute Gasteiger partial charge is 0.250 e. The van der Waals surface area contributed by atoms with Crippen molar-refractivity contribution < 1.29 is 14.3 Å². The zero-order valence-corrected chi connectivity index (χ0v) is 16.2. The van der Waals surface area contributed by atoms with Gasteiger partial charge in [0.25, 0.3) is 5.91 Å². The van der Waals surface area contributed by atoms with E-state index in [2.05, 4.69) is 38.2 Å². The Bertz CT molecular complexity index is 782. The maximum absolute atomic E-state index is 12.1. The standard InChI is InChI=1S/C22H28N2O3/c1-4-22(2,3)16-11-13-17(14-12-16)27-15-7-10-20(25)24-19-9-6-5-8-18(19)21(23)26/h5-6,8-9,11-14H,4,7,10,15H2,1-3H3,(H2,23,26)(H,24,25). The molecular weight excluding hydrogens is 340 g/mol. The molecule has 0 heterocycles. The SMILES string of the molecule is CCC(C)(C)c1ccc(OCCCC(=O)Nc2ccccc2C(N)=O)cc1. The lowest BCUT2D eigenvalue weighted by Crippen LogP contribution is -2.18. The Labute approximate surface area is 160 Å². The van der Waals surface area contributed by atoms with E-state index in [0.717, 1.165) is 12.2 Å². The van der Waals surface area contributed by atoms with Crippen molar-refractivity contribution >= 4 is 17.5 Å². The van der Waals surface area contributed by atoms with Crippen molar-refractivity contribution in [3.05, 3.63) is 59.7 Å². The van der Waals surface area contributed by atoms with Gasteiger partial charge in [-0.05, 0) is 48.1 Å². The molecule has 0 aliphatic carbocycles. The first-order valence-corrected chi connectivity index (χ1v) is 9.25. The first-order valence-electron chi connectivity index (χ1n) is 9.25. The molecule has 0 aliphatic heterocycles. The third-order valence-corrected chi connectivity index (χ3v) is 4.80. The summed E-state index contributed by atoms with van der Waals surface area (Å²) in [5.41, 5.74) is 7.48. The summed E-state index contributed by atoms with van der Waals surface area (Å²) >= 11 is 0. The van der Waals surface area contributed by atoms with E-state index in [-0.39, 0.29) is 11.3 Å². The Morgan fingerprint density at radius 3 is 2.37 bits per heavy atom. The van der Waals surface area contributed by atoms with Crippen LogP contribution in [0.4, 0.5) is 5.69 Å². The predicted octanol–water partition coefficient (Wildman–Crippen LogP) is 4.27. The van der Waals surface area contributed by atoms with Crippen LogP contribution in [0.5, 0.6) is 5.75 Å². The van der Waals surface area contributed by atoms with Gasteiger partial charge in [-0.25, -0.2) is 0 Å². The summed E-state index contributed by atoms with van der Waals surface area (Å²) in [4.78, 5) is 23.4. The third kappa shape index (κ3) is 5.84. The van der Waals surface area contributed by atoms with Crippen LogP contribution in [-0.2, 0) is 10.2 Å². The molecule has 3 N–H and O–H groups in total. The van der Waals surface area contributed by atoms with Gasteiger partial charge < -0.3 is 15.8 Å². The van der Waals surface area contributed by atoms with E-state index < -0.39 is 5.91 Å². The number of hydrogen-bond donors (Lipinski definition) is 2. The number of nitrogens with one attached hydrogen (secondary N) is 1. The van der Waals surface area contributed by atoms with E-state index in [9.17, 15) is 9.59 Å². The highest BCUT2D eigenvalue weighted by atomic mass is 16.5. The van der Waals surface area contributed by atoms with Crippen LogP contribution >= 0.6 is 0 Å². The summed E-state index contributed by atoms with van der Waals surface area (Å²) < 4.78 is 5.72. The van der Waals surface area contributed by atoms with Gasteiger partial charge >= 0.3 is 0 Å². The number of anilines is 1. The van der Waals surface area contributed by atoms with Crippen molar-refractivity contribution in [1.82, 2.24) is 0 Å². The van der Waals surface area contributed by atoms with Crippen LogP contribution in [0.3, 0.4) is 0 Å². The number of para-hydroxylation sites is 1. The second-order valence-corrected chi connectivity index (χ2v) is 7.17. The summed E-state index contributed by atoms with van der Waals surface area (Å²) in [5, 5.41) is 2.73. The monoisotopic (exact) mass is 368 g/mol. The molecule has 0 bridgehead atoms. The van der Waals surface area contributed by atoms with Crippen molar-refractivity contribution in [1.29, 1.82) is 0 Å². The van der Waals surface area contributed by atoms with Gasteiger partial charge in [0, 0.05) is 6.42 Å². The fraction of sp³-hybridized carbons (Fsp3) is 0.364. The van der Waals surface area contributed by atoms with Gasteiger partial charge in [-0.2, -0.15) is 0 Å². The van der Waals surface area contributed by atoms with E-state index >= 15 is 0 Å². The summed E-state index contributed by atoms with van der Waals surface area (Å²) in [7, 11) is 0. The lowest BCUT2D eigenvalue weighted by atomic mass is 9.82. The normalized spacial score (nSPS) is 11.1. The Balaban J connectivity index is 1.78. The third-order valence-electron chi connectivity index (χ3n) is 4.80. The second-order valence-electron chi connectivity index (χ2n) is 7.17. The number of rotatable bonds is 9. The number of nitrogens with two attached hydrogens (primary N) is 1. The van der Waals surface area contributed by atoms with Gasteiger partial charge in [-0.15, -0.1) is 0 Å². The molecule has 144 valence electrons. The molecule has 2 amide bonds. The molecule has 0 unspecified atom stereocenters. The predicted molar refractivity (Wildman–Crippen MR) is 108 cm³/mol. The van der Waals surface area contributed by atoms with Gasteiger partial charge in [0.15, 0.2) is 0 Å². The highest BCUT2D eigenvalue weighted by Crippen LogP contribution is 2.28. The molecule has 2 rings (SSSR count). The molecule has 0 saturated heterocycles. The van der Waals surface area contributed by atoms with E-state index in [4.69, 9.17) is 10.5 Å². The molecule has 2 aromatic rings. The van der Waals surface area contributed by atoms with E-state index in [1.807, 2.05) is 12.1 Å². The molecule has 0 aliphatic rings.